The number of ether oxygens (including phenoxy) is 3. The van der Waals surface area contributed by atoms with Crippen molar-refractivity contribution in [2.45, 2.75) is 348 Å². The van der Waals surface area contributed by atoms with Crippen LogP contribution in [0.1, 0.15) is 342 Å². The van der Waals surface area contributed by atoms with Gasteiger partial charge in [-0.2, -0.15) is 0 Å². The Morgan fingerprint density at radius 2 is 0.507 bits per heavy atom. The van der Waals surface area contributed by atoms with Gasteiger partial charge in [0.1, 0.15) is 13.2 Å². The van der Waals surface area contributed by atoms with Crippen molar-refractivity contribution in [2.24, 2.45) is 0 Å². The number of carbonyl (C=O) groups excluding carboxylic acids is 3. The van der Waals surface area contributed by atoms with Crippen molar-refractivity contribution in [3.8, 4) is 0 Å². The molecule has 6 heteroatoms. The lowest BCUT2D eigenvalue weighted by Gasteiger charge is -2.18. The van der Waals surface area contributed by atoms with Crippen LogP contribution in [0.2, 0.25) is 0 Å². The zero-order valence-corrected chi connectivity index (χ0v) is 47.8. The third-order valence-electron chi connectivity index (χ3n) is 14.1. The van der Waals surface area contributed by atoms with Gasteiger partial charge in [0.25, 0.3) is 0 Å². The second-order valence-electron chi connectivity index (χ2n) is 21.3. The molecule has 0 aromatic heterocycles. The highest BCUT2D eigenvalue weighted by Gasteiger charge is 2.19. The average molecular weight is 998 g/mol. The predicted molar refractivity (Wildman–Crippen MR) is 307 cm³/mol. The van der Waals surface area contributed by atoms with E-state index in [-0.39, 0.29) is 31.1 Å². The molecule has 0 spiro atoms. The van der Waals surface area contributed by atoms with E-state index in [1.165, 1.54) is 225 Å². The monoisotopic (exact) mass is 997 g/mol. The molecule has 416 valence electrons. The average Bonchev–Trinajstić information content (AvgIpc) is 3.37. The van der Waals surface area contributed by atoms with Crippen LogP contribution in [-0.2, 0) is 28.6 Å². The van der Waals surface area contributed by atoms with Gasteiger partial charge in [0.05, 0.1) is 0 Å². The normalized spacial score (nSPS) is 12.2. The van der Waals surface area contributed by atoms with Crippen LogP contribution < -0.4 is 0 Å². The molecule has 0 aliphatic carbocycles. The molecule has 0 heterocycles. The lowest BCUT2D eigenvalue weighted by atomic mass is 10.0. The molecular formula is C65H120O6. The summed E-state index contributed by atoms with van der Waals surface area (Å²) in [7, 11) is 0. The van der Waals surface area contributed by atoms with Gasteiger partial charge in [-0.1, -0.05) is 282 Å². The molecular weight excluding hydrogens is 877 g/mol. The van der Waals surface area contributed by atoms with Crippen LogP contribution in [0.4, 0.5) is 0 Å². The first-order valence-corrected chi connectivity index (χ1v) is 31.5. The molecule has 0 aromatic carbocycles. The molecule has 0 amide bonds. The number of rotatable bonds is 58. The summed E-state index contributed by atoms with van der Waals surface area (Å²) < 4.78 is 16.9. The van der Waals surface area contributed by atoms with E-state index in [0.717, 1.165) is 77.0 Å². The Kier molecular flexibility index (Phi) is 58.2. The fourth-order valence-corrected chi connectivity index (χ4v) is 9.35. The minimum atomic E-state index is -0.777. The van der Waals surface area contributed by atoms with E-state index in [4.69, 9.17) is 14.2 Å². The van der Waals surface area contributed by atoms with Crippen molar-refractivity contribution in [2.75, 3.05) is 13.2 Å². The number of unbranched alkanes of at least 4 members (excludes halogenated alkanes) is 41. The van der Waals surface area contributed by atoms with Crippen LogP contribution in [0.25, 0.3) is 0 Å². The standard InChI is InChI=1S/C65H120O6/c1-4-7-10-13-16-19-22-25-27-29-31-32-33-34-35-37-38-40-43-46-49-52-55-58-64(67)70-61-62(60-69-63(66)57-54-51-48-45-42-24-21-18-15-12-9-6-3)71-65(68)59-56-53-50-47-44-41-39-36-30-28-26-23-20-17-14-11-8-5-2/h18,20-21,23,28,30,62H,4-17,19,22,24-27,29,31-61H2,1-3H3/b21-18-,23-20-,30-28-. The van der Waals surface area contributed by atoms with Gasteiger partial charge in [-0.15, -0.1) is 0 Å². The molecule has 6 nitrogen and oxygen atoms in total. The summed E-state index contributed by atoms with van der Waals surface area (Å²) in [6.07, 6.45) is 72.9. The molecule has 0 N–H and O–H groups in total. The highest BCUT2D eigenvalue weighted by atomic mass is 16.6. The van der Waals surface area contributed by atoms with Crippen LogP contribution in [0, 0.1) is 0 Å². The van der Waals surface area contributed by atoms with Crippen LogP contribution in [0.15, 0.2) is 36.5 Å². The molecule has 1 unspecified atom stereocenters. The van der Waals surface area contributed by atoms with Crippen LogP contribution in [-0.4, -0.2) is 37.2 Å². The summed E-state index contributed by atoms with van der Waals surface area (Å²) in [4.78, 5) is 38.2. The number of hydrogen-bond acceptors (Lipinski definition) is 6. The minimum absolute atomic E-state index is 0.0741. The Bertz CT molecular complexity index is 1190. The lowest BCUT2D eigenvalue weighted by Crippen LogP contribution is -2.30. The Hall–Kier alpha value is -2.37. The van der Waals surface area contributed by atoms with Crippen LogP contribution in [0.3, 0.4) is 0 Å². The van der Waals surface area contributed by atoms with Crippen molar-refractivity contribution in [1.82, 2.24) is 0 Å². The number of hydrogen-bond donors (Lipinski definition) is 0. The first-order valence-electron chi connectivity index (χ1n) is 31.5. The largest absolute Gasteiger partial charge is 0.462 e. The van der Waals surface area contributed by atoms with Gasteiger partial charge in [0.15, 0.2) is 6.10 Å². The molecule has 0 aliphatic heterocycles. The van der Waals surface area contributed by atoms with E-state index in [1.807, 2.05) is 0 Å². The molecule has 0 saturated heterocycles. The topological polar surface area (TPSA) is 78.9 Å². The smallest absolute Gasteiger partial charge is 0.306 e. The summed E-state index contributed by atoms with van der Waals surface area (Å²) in [6, 6.07) is 0. The highest BCUT2D eigenvalue weighted by Crippen LogP contribution is 2.17. The van der Waals surface area contributed by atoms with Crippen molar-refractivity contribution in [1.29, 1.82) is 0 Å². The Labute approximate surface area is 442 Å². The SMILES string of the molecule is CCCCC/C=C\CCCCCCCC(=O)OCC(COC(=O)CCCCCCCCCCCCCCCCCCCCCCCCC)OC(=O)CCCCCCCCC/C=C\C/C=C\CCCCCC. The molecule has 0 rings (SSSR count). The molecule has 0 saturated carbocycles. The van der Waals surface area contributed by atoms with Gasteiger partial charge < -0.3 is 14.2 Å². The van der Waals surface area contributed by atoms with Gasteiger partial charge in [-0.3, -0.25) is 14.4 Å². The van der Waals surface area contributed by atoms with Crippen molar-refractivity contribution >= 4 is 17.9 Å². The Balaban J connectivity index is 4.26. The van der Waals surface area contributed by atoms with Gasteiger partial charge in [-0.25, -0.2) is 0 Å². The van der Waals surface area contributed by atoms with E-state index in [1.54, 1.807) is 0 Å². The molecule has 0 bridgehead atoms. The maximum Gasteiger partial charge on any atom is 0.306 e. The number of allylic oxidation sites excluding steroid dienone is 6. The Morgan fingerprint density at radius 1 is 0.282 bits per heavy atom. The highest BCUT2D eigenvalue weighted by molar-refractivity contribution is 5.71. The molecule has 0 radical (unpaired) electrons. The second-order valence-corrected chi connectivity index (χ2v) is 21.3. The van der Waals surface area contributed by atoms with E-state index in [0.29, 0.717) is 19.3 Å². The maximum atomic E-state index is 12.9. The van der Waals surface area contributed by atoms with Gasteiger partial charge in [0, 0.05) is 19.3 Å². The summed E-state index contributed by atoms with van der Waals surface area (Å²) >= 11 is 0. The first-order chi connectivity index (χ1) is 35.0. The van der Waals surface area contributed by atoms with Crippen molar-refractivity contribution < 1.29 is 28.6 Å². The molecule has 0 aliphatic rings. The number of esters is 3. The fourth-order valence-electron chi connectivity index (χ4n) is 9.35. The molecule has 0 aromatic rings. The zero-order valence-electron chi connectivity index (χ0n) is 47.8. The second kappa shape index (κ2) is 60.2. The summed E-state index contributed by atoms with van der Waals surface area (Å²) in [5.74, 6) is -0.871. The third kappa shape index (κ3) is 58.4. The maximum absolute atomic E-state index is 12.9. The van der Waals surface area contributed by atoms with Gasteiger partial charge >= 0.3 is 17.9 Å². The quantitative estimate of drug-likeness (QED) is 0.0261. The first kappa shape index (κ1) is 68.6. The Morgan fingerprint density at radius 3 is 0.831 bits per heavy atom. The van der Waals surface area contributed by atoms with E-state index in [9.17, 15) is 14.4 Å². The van der Waals surface area contributed by atoms with Gasteiger partial charge in [0.2, 0.25) is 0 Å². The van der Waals surface area contributed by atoms with E-state index >= 15 is 0 Å². The van der Waals surface area contributed by atoms with E-state index < -0.39 is 6.10 Å². The van der Waals surface area contributed by atoms with Crippen LogP contribution in [0.5, 0.6) is 0 Å². The van der Waals surface area contributed by atoms with Gasteiger partial charge in [-0.05, 0) is 77.0 Å². The summed E-state index contributed by atoms with van der Waals surface area (Å²) in [6.45, 7) is 6.64. The predicted octanol–water partition coefficient (Wildman–Crippen LogP) is 21.2. The summed E-state index contributed by atoms with van der Waals surface area (Å²) in [5, 5.41) is 0. The van der Waals surface area contributed by atoms with E-state index in [2.05, 4.69) is 57.2 Å². The number of carbonyl (C=O) groups is 3. The molecule has 1 atom stereocenters. The third-order valence-corrected chi connectivity index (χ3v) is 14.1. The summed E-state index contributed by atoms with van der Waals surface area (Å²) in [5.41, 5.74) is 0. The van der Waals surface area contributed by atoms with Crippen molar-refractivity contribution in [3.63, 3.8) is 0 Å². The van der Waals surface area contributed by atoms with Crippen LogP contribution >= 0.6 is 0 Å². The fraction of sp³-hybridized carbons (Fsp3) is 0.862. The molecule has 0 fully saturated rings. The van der Waals surface area contributed by atoms with Crippen molar-refractivity contribution in [3.05, 3.63) is 36.5 Å². The lowest BCUT2D eigenvalue weighted by molar-refractivity contribution is -0.167. The zero-order chi connectivity index (χ0) is 51.4. The molecule has 71 heavy (non-hydrogen) atoms. The minimum Gasteiger partial charge on any atom is -0.462 e.